The number of nitrogens with one attached hydrogen (secondary N) is 1. The highest BCUT2D eigenvalue weighted by Crippen LogP contribution is 2.29. The summed E-state index contributed by atoms with van der Waals surface area (Å²) in [6, 6.07) is 14.4. The van der Waals surface area contributed by atoms with Gasteiger partial charge in [-0.1, -0.05) is 29.8 Å². The summed E-state index contributed by atoms with van der Waals surface area (Å²) < 4.78 is 0. The zero-order valence-electron chi connectivity index (χ0n) is 14.1. The molecule has 1 aliphatic heterocycles. The Bertz CT molecular complexity index is 840. The molecule has 0 aliphatic carbocycles. The first-order valence-corrected chi connectivity index (χ1v) is 9.55. The third-order valence-electron chi connectivity index (χ3n) is 4.38. The molecule has 4 rings (SSSR count). The lowest BCUT2D eigenvalue weighted by atomic mass is 10.0. The molecule has 1 atom stereocenters. The molecule has 2 aromatic heterocycles. The van der Waals surface area contributed by atoms with E-state index in [4.69, 9.17) is 11.6 Å². The van der Waals surface area contributed by atoms with E-state index in [1.807, 2.05) is 42.7 Å². The number of thiazole rings is 1. The normalized spacial score (nSPS) is 17.7. The van der Waals surface area contributed by atoms with Crippen molar-refractivity contribution in [3.63, 3.8) is 0 Å². The molecule has 1 saturated heterocycles. The highest BCUT2D eigenvalue weighted by molar-refractivity contribution is 7.14. The standard InChI is InChI=1S/C19H19ClN4S.ClH/c20-15-5-3-4-14(10-15)18-12-21-8-9-24(18)13-16-11-23-19(25-16)17-6-1-2-7-22-17;/h1-7,10-11,18,21H,8-9,12-13H2;1H. The number of nitrogens with zero attached hydrogens (tertiary/aromatic N) is 3. The molecule has 3 aromatic rings. The molecule has 1 aromatic carbocycles. The zero-order valence-corrected chi connectivity index (χ0v) is 16.5. The number of hydrogen-bond donors (Lipinski definition) is 1. The van der Waals surface area contributed by atoms with E-state index in [1.54, 1.807) is 11.3 Å². The average molecular weight is 407 g/mol. The largest absolute Gasteiger partial charge is 0.314 e. The summed E-state index contributed by atoms with van der Waals surface area (Å²) in [5, 5.41) is 5.26. The third-order valence-corrected chi connectivity index (χ3v) is 5.62. The van der Waals surface area contributed by atoms with E-state index in [9.17, 15) is 0 Å². The number of hydrogen-bond acceptors (Lipinski definition) is 5. The minimum atomic E-state index is 0. The van der Waals surface area contributed by atoms with Gasteiger partial charge in [0, 0.05) is 54.5 Å². The highest BCUT2D eigenvalue weighted by atomic mass is 35.5. The lowest BCUT2D eigenvalue weighted by Gasteiger charge is -2.36. The molecular formula is C19H20Cl2N4S. The Morgan fingerprint density at radius 1 is 1.19 bits per heavy atom. The summed E-state index contributed by atoms with van der Waals surface area (Å²) >= 11 is 7.91. The zero-order chi connectivity index (χ0) is 17.1. The molecule has 1 aliphatic rings. The number of rotatable bonds is 4. The Kier molecular flexibility index (Phi) is 6.62. The molecule has 4 nitrogen and oxygen atoms in total. The molecule has 136 valence electrons. The Labute approximate surface area is 168 Å². The summed E-state index contributed by atoms with van der Waals surface area (Å²) in [4.78, 5) is 12.7. The van der Waals surface area contributed by atoms with Gasteiger partial charge in [-0.3, -0.25) is 9.88 Å². The molecule has 0 bridgehead atoms. The predicted octanol–water partition coefficient (Wildman–Crippen LogP) is 4.43. The summed E-state index contributed by atoms with van der Waals surface area (Å²) in [5.74, 6) is 0. The van der Waals surface area contributed by atoms with E-state index in [-0.39, 0.29) is 12.4 Å². The first-order valence-electron chi connectivity index (χ1n) is 8.36. The van der Waals surface area contributed by atoms with Gasteiger partial charge < -0.3 is 5.32 Å². The third kappa shape index (κ3) is 4.42. The van der Waals surface area contributed by atoms with Crippen LogP contribution in [0.25, 0.3) is 10.7 Å². The fraction of sp³-hybridized carbons (Fsp3) is 0.263. The summed E-state index contributed by atoms with van der Waals surface area (Å²) in [7, 11) is 0. The second kappa shape index (κ2) is 8.93. The maximum absolute atomic E-state index is 6.19. The fourth-order valence-corrected chi connectivity index (χ4v) is 4.28. The number of halogens is 2. The van der Waals surface area contributed by atoms with Crippen LogP contribution in [0.2, 0.25) is 5.02 Å². The van der Waals surface area contributed by atoms with Crippen LogP contribution in [0.1, 0.15) is 16.5 Å². The van der Waals surface area contributed by atoms with Crippen molar-refractivity contribution < 1.29 is 0 Å². The number of piperazine rings is 1. The van der Waals surface area contributed by atoms with Crippen molar-refractivity contribution >= 4 is 35.3 Å². The van der Waals surface area contributed by atoms with E-state index in [0.29, 0.717) is 6.04 Å². The monoisotopic (exact) mass is 406 g/mol. The summed E-state index contributed by atoms with van der Waals surface area (Å²) in [6.45, 7) is 3.84. The van der Waals surface area contributed by atoms with Gasteiger partial charge in [0.15, 0.2) is 0 Å². The van der Waals surface area contributed by atoms with Crippen LogP contribution in [-0.2, 0) is 6.54 Å². The first-order chi connectivity index (χ1) is 12.3. The lowest BCUT2D eigenvalue weighted by Crippen LogP contribution is -2.45. The van der Waals surface area contributed by atoms with Gasteiger partial charge in [0.25, 0.3) is 0 Å². The van der Waals surface area contributed by atoms with Crippen molar-refractivity contribution in [1.29, 1.82) is 0 Å². The molecule has 0 spiro atoms. The van der Waals surface area contributed by atoms with E-state index in [2.05, 4.69) is 32.3 Å². The van der Waals surface area contributed by atoms with Crippen molar-refractivity contribution in [2.75, 3.05) is 19.6 Å². The number of aromatic nitrogens is 2. The van der Waals surface area contributed by atoms with E-state index in [1.165, 1.54) is 10.4 Å². The van der Waals surface area contributed by atoms with Gasteiger partial charge in [-0.2, -0.15) is 0 Å². The van der Waals surface area contributed by atoms with Crippen LogP contribution in [0.4, 0.5) is 0 Å². The molecule has 26 heavy (non-hydrogen) atoms. The molecular weight excluding hydrogens is 387 g/mol. The number of benzene rings is 1. The quantitative estimate of drug-likeness (QED) is 0.695. The predicted molar refractivity (Wildman–Crippen MR) is 110 cm³/mol. The van der Waals surface area contributed by atoms with Crippen LogP contribution in [0.3, 0.4) is 0 Å². The van der Waals surface area contributed by atoms with Crippen molar-refractivity contribution in [2.45, 2.75) is 12.6 Å². The highest BCUT2D eigenvalue weighted by Gasteiger charge is 2.24. The van der Waals surface area contributed by atoms with Crippen LogP contribution < -0.4 is 5.32 Å². The Hall–Kier alpha value is -1.50. The SMILES string of the molecule is Cl.Clc1cccc(C2CNCCN2Cc2cnc(-c3ccccn3)s2)c1. The maximum atomic E-state index is 6.19. The van der Waals surface area contributed by atoms with E-state index < -0.39 is 0 Å². The van der Waals surface area contributed by atoms with E-state index in [0.717, 1.165) is 41.9 Å². The van der Waals surface area contributed by atoms with Crippen LogP contribution >= 0.6 is 35.3 Å². The minimum absolute atomic E-state index is 0. The minimum Gasteiger partial charge on any atom is -0.314 e. The maximum Gasteiger partial charge on any atom is 0.142 e. The molecule has 0 amide bonds. The van der Waals surface area contributed by atoms with Crippen LogP contribution in [-0.4, -0.2) is 34.5 Å². The van der Waals surface area contributed by atoms with Crippen molar-refractivity contribution in [3.8, 4) is 10.7 Å². The van der Waals surface area contributed by atoms with Gasteiger partial charge in [-0.25, -0.2) is 4.98 Å². The molecule has 1 fully saturated rings. The second-order valence-corrected chi connectivity index (χ2v) is 7.64. The van der Waals surface area contributed by atoms with Crippen LogP contribution in [0.5, 0.6) is 0 Å². The summed E-state index contributed by atoms with van der Waals surface area (Å²) in [5.41, 5.74) is 2.19. The van der Waals surface area contributed by atoms with Gasteiger partial charge in [0.05, 0.1) is 5.69 Å². The first kappa shape index (κ1) is 19.3. The Morgan fingerprint density at radius 2 is 2.12 bits per heavy atom. The van der Waals surface area contributed by atoms with Crippen LogP contribution in [0, 0.1) is 0 Å². The van der Waals surface area contributed by atoms with Crippen molar-refractivity contribution in [3.05, 3.63) is 70.3 Å². The average Bonchev–Trinajstić information content (AvgIpc) is 3.11. The smallest absolute Gasteiger partial charge is 0.142 e. The fourth-order valence-electron chi connectivity index (χ4n) is 3.17. The lowest BCUT2D eigenvalue weighted by molar-refractivity contribution is 0.155. The van der Waals surface area contributed by atoms with Crippen molar-refractivity contribution in [2.24, 2.45) is 0 Å². The Morgan fingerprint density at radius 3 is 2.92 bits per heavy atom. The molecule has 0 saturated carbocycles. The second-order valence-electron chi connectivity index (χ2n) is 6.09. The van der Waals surface area contributed by atoms with Gasteiger partial charge in [-0.15, -0.1) is 23.7 Å². The molecule has 1 N–H and O–H groups in total. The Balaban J connectivity index is 0.00000196. The van der Waals surface area contributed by atoms with Gasteiger partial charge in [-0.05, 0) is 29.8 Å². The van der Waals surface area contributed by atoms with E-state index >= 15 is 0 Å². The van der Waals surface area contributed by atoms with Gasteiger partial charge >= 0.3 is 0 Å². The summed E-state index contributed by atoms with van der Waals surface area (Å²) in [6.07, 6.45) is 3.79. The molecule has 1 unspecified atom stereocenters. The van der Waals surface area contributed by atoms with Gasteiger partial charge in [0.2, 0.25) is 0 Å². The molecule has 3 heterocycles. The molecule has 0 radical (unpaired) electrons. The number of pyridine rings is 1. The topological polar surface area (TPSA) is 41.0 Å². The van der Waals surface area contributed by atoms with Crippen molar-refractivity contribution in [1.82, 2.24) is 20.2 Å². The molecule has 7 heteroatoms. The van der Waals surface area contributed by atoms with Gasteiger partial charge in [0.1, 0.15) is 5.01 Å². The van der Waals surface area contributed by atoms with Crippen LogP contribution in [0.15, 0.2) is 54.9 Å².